The predicted octanol–water partition coefficient (Wildman–Crippen LogP) is 3.77. The van der Waals surface area contributed by atoms with Crippen molar-refractivity contribution in [2.75, 3.05) is 19.4 Å². The fraction of sp³-hybridized carbons (Fsp3) is 0.200. The first kappa shape index (κ1) is 19.5. The van der Waals surface area contributed by atoms with Crippen LogP contribution in [-0.2, 0) is 10.5 Å². The van der Waals surface area contributed by atoms with Crippen molar-refractivity contribution in [3.63, 3.8) is 0 Å². The number of methoxy groups -OCH3 is 1. The standard InChI is InChI=1S/C20H19FN2O2S/c1-25-19-8-6-15(12-18(19)21)7-9-20(24)23-10-11-26-14-17-5-3-2-4-16(17)13-22/h2-9,12H,10-11,14H2,1H3,(H,23,24)/b9-7+. The Kier molecular flexibility index (Phi) is 7.72. The number of thioether (sulfide) groups is 1. The lowest BCUT2D eigenvalue weighted by atomic mass is 10.1. The predicted molar refractivity (Wildman–Crippen MR) is 102 cm³/mol. The van der Waals surface area contributed by atoms with Gasteiger partial charge in [0.15, 0.2) is 11.6 Å². The van der Waals surface area contributed by atoms with Crippen LogP contribution >= 0.6 is 11.8 Å². The first-order chi connectivity index (χ1) is 12.6. The van der Waals surface area contributed by atoms with Gasteiger partial charge in [0.05, 0.1) is 18.7 Å². The second kappa shape index (κ2) is 10.3. The van der Waals surface area contributed by atoms with E-state index in [2.05, 4.69) is 11.4 Å². The number of nitrogens with zero attached hydrogens (tertiary/aromatic N) is 1. The monoisotopic (exact) mass is 370 g/mol. The molecular formula is C20H19FN2O2S. The van der Waals surface area contributed by atoms with Crippen molar-refractivity contribution in [1.82, 2.24) is 5.32 Å². The Balaban J connectivity index is 1.72. The molecule has 0 spiro atoms. The lowest BCUT2D eigenvalue weighted by Gasteiger charge is -2.05. The maximum Gasteiger partial charge on any atom is 0.244 e. The average Bonchev–Trinajstić information content (AvgIpc) is 2.66. The molecule has 6 heteroatoms. The molecule has 26 heavy (non-hydrogen) atoms. The smallest absolute Gasteiger partial charge is 0.244 e. The molecule has 0 bridgehead atoms. The van der Waals surface area contributed by atoms with Crippen LogP contribution < -0.4 is 10.1 Å². The third kappa shape index (κ3) is 5.94. The van der Waals surface area contributed by atoms with Crippen LogP contribution in [0.2, 0.25) is 0 Å². The lowest BCUT2D eigenvalue weighted by molar-refractivity contribution is -0.116. The Bertz CT molecular complexity index is 831. The first-order valence-electron chi connectivity index (χ1n) is 7.99. The normalized spacial score (nSPS) is 10.5. The van der Waals surface area contributed by atoms with E-state index < -0.39 is 5.82 Å². The molecule has 0 radical (unpaired) electrons. The molecule has 0 saturated heterocycles. The zero-order chi connectivity index (χ0) is 18.8. The number of nitrogens with one attached hydrogen (secondary N) is 1. The summed E-state index contributed by atoms with van der Waals surface area (Å²) in [6, 6.07) is 14.2. The third-order valence-electron chi connectivity index (χ3n) is 3.54. The molecule has 2 aromatic carbocycles. The fourth-order valence-electron chi connectivity index (χ4n) is 2.20. The van der Waals surface area contributed by atoms with Gasteiger partial charge in [-0.2, -0.15) is 17.0 Å². The Morgan fingerprint density at radius 3 is 2.88 bits per heavy atom. The van der Waals surface area contributed by atoms with E-state index >= 15 is 0 Å². The maximum absolute atomic E-state index is 13.6. The van der Waals surface area contributed by atoms with E-state index in [1.807, 2.05) is 18.2 Å². The van der Waals surface area contributed by atoms with Crippen molar-refractivity contribution in [2.45, 2.75) is 5.75 Å². The molecule has 0 aliphatic carbocycles. The van der Waals surface area contributed by atoms with Crippen LogP contribution in [0.25, 0.3) is 6.08 Å². The summed E-state index contributed by atoms with van der Waals surface area (Å²) in [5.74, 6) is 0.918. The molecule has 1 N–H and O–H groups in total. The number of hydrogen-bond donors (Lipinski definition) is 1. The summed E-state index contributed by atoms with van der Waals surface area (Å²) in [6.45, 7) is 0.513. The molecule has 0 aliphatic rings. The van der Waals surface area contributed by atoms with E-state index in [0.29, 0.717) is 17.7 Å². The van der Waals surface area contributed by atoms with E-state index in [-0.39, 0.29) is 11.7 Å². The van der Waals surface area contributed by atoms with Crippen molar-refractivity contribution in [3.8, 4) is 11.8 Å². The van der Waals surface area contributed by atoms with Crippen molar-refractivity contribution in [2.24, 2.45) is 0 Å². The highest BCUT2D eigenvalue weighted by Crippen LogP contribution is 2.18. The van der Waals surface area contributed by atoms with E-state index in [4.69, 9.17) is 10.00 Å². The molecule has 0 unspecified atom stereocenters. The molecule has 0 aromatic heterocycles. The molecule has 0 fully saturated rings. The number of carbonyl (C=O) groups excluding carboxylic acids is 1. The van der Waals surface area contributed by atoms with Crippen LogP contribution in [0, 0.1) is 17.1 Å². The van der Waals surface area contributed by atoms with Gasteiger partial charge < -0.3 is 10.1 Å². The summed E-state index contributed by atoms with van der Waals surface area (Å²) in [7, 11) is 1.40. The first-order valence-corrected chi connectivity index (χ1v) is 9.14. The number of carbonyl (C=O) groups is 1. The number of nitriles is 1. The Morgan fingerprint density at radius 1 is 1.35 bits per heavy atom. The van der Waals surface area contributed by atoms with Crippen LogP contribution in [-0.4, -0.2) is 25.3 Å². The zero-order valence-corrected chi connectivity index (χ0v) is 15.2. The summed E-state index contributed by atoms with van der Waals surface area (Å²) >= 11 is 1.64. The molecule has 0 aliphatic heterocycles. The second-order valence-electron chi connectivity index (χ2n) is 5.34. The summed E-state index contributed by atoms with van der Waals surface area (Å²) in [5.41, 5.74) is 2.26. The quantitative estimate of drug-likeness (QED) is 0.568. The third-order valence-corrected chi connectivity index (χ3v) is 4.55. The largest absolute Gasteiger partial charge is 0.494 e. The van der Waals surface area contributed by atoms with E-state index in [1.165, 1.54) is 25.3 Å². The van der Waals surface area contributed by atoms with Gasteiger partial charge in [0.1, 0.15) is 0 Å². The number of rotatable bonds is 8. The van der Waals surface area contributed by atoms with Crippen LogP contribution in [0.1, 0.15) is 16.7 Å². The molecule has 2 aromatic rings. The Hall–Kier alpha value is -2.78. The van der Waals surface area contributed by atoms with E-state index in [9.17, 15) is 9.18 Å². The molecule has 134 valence electrons. The molecule has 2 rings (SSSR count). The van der Waals surface area contributed by atoms with Crippen molar-refractivity contribution < 1.29 is 13.9 Å². The van der Waals surface area contributed by atoms with Gasteiger partial charge in [0, 0.05) is 24.1 Å². The summed E-state index contributed by atoms with van der Waals surface area (Å²) in [6.07, 6.45) is 2.92. The second-order valence-corrected chi connectivity index (χ2v) is 6.45. The highest BCUT2D eigenvalue weighted by Gasteiger charge is 2.03. The lowest BCUT2D eigenvalue weighted by Crippen LogP contribution is -2.23. The van der Waals surface area contributed by atoms with Gasteiger partial charge in [0.2, 0.25) is 5.91 Å². The van der Waals surface area contributed by atoms with Crippen LogP contribution in [0.5, 0.6) is 5.75 Å². The van der Waals surface area contributed by atoms with Gasteiger partial charge in [0.25, 0.3) is 0 Å². The van der Waals surface area contributed by atoms with Gasteiger partial charge >= 0.3 is 0 Å². The summed E-state index contributed by atoms with van der Waals surface area (Å²) in [5, 5.41) is 11.8. The van der Waals surface area contributed by atoms with Crippen LogP contribution in [0.3, 0.4) is 0 Å². The molecule has 1 amide bonds. The maximum atomic E-state index is 13.6. The summed E-state index contributed by atoms with van der Waals surface area (Å²) in [4.78, 5) is 11.8. The van der Waals surface area contributed by atoms with E-state index in [1.54, 1.807) is 30.0 Å². The number of halogens is 1. The van der Waals surface area contributed by atoms with Crippen molar-refractivity contribution in [1.29, 1.82) is 5.26 Å². The van der Waals surface area contributed by atoms with Crippen molar-refractivity contribution in [3.05, 3.63) is 71.0 Å². The zero-order valence-electron chi connectivity index (χ0n) is 14.4. The minimum Gasteiger partial charge on any atom is -0.494 e. The van der Waals surface area contributed by atoms with Crippen LogP contribution in [0.4, 0.5) is 4.39 Å². The highest BCUT2D eigenvalue weighted by atomic mass is 32.2. The topological polar surface area (TPSA) is 62.1 Å². The molecular weight excluding hydrogens is 351 g/mol. The SMILES string of the molecule is COc1ccc(/C=C/C(=O)NCCSCc2ccccc2C#N)cc1F. The number of hydrogen-bond acceptors (Lipinski definition) is 4. The molecule has 0 saturated carbocycles. The Morgan fingerprint density at radius 2 is 2.15 bits per heavy atom. The van der Waals surface area contributed by atoms with Gasteiger partial charge in [-0.15, -0.1) is 0 Å². The summed E-state index contributed by atoms with van der Waals surface area (Å²) < 4.78 is 18.4. The van der Waals surface area contributed by atoms with Crippen molar-refractivity contribution >= 4 is 23.7 Å². The highest BCUT2D eigenvalue weighted by molar-refractivity contribution is 7.98. The molecule has 4 nitrogen and oxygen atoms in total. The van der Waals surface area contributed by atoms with Gasteiger partial charge in [-0.25, -0.2) is 4.39 Å². The average molecular weight is 370 g/mol. The van der Waals surface area contributed by atoms with Crippen LogP contribution in [0.15, 0.2) is 48.5 Å². The number of amides is 1. The molecule has 0 atom stereocenters. The van der Waals surface area contributed by atoms with Gasteiger partial charge in [-0.3, -0.25) is 4.79 Å². The fourth-order valence-corrected chi connectivity index (χ4v) is 3.06. The minimum atomic E-state index is -0.468. The molecule has 0 heterocycles. The van der Waals surface area contributed by atoms with Gasteiger partial charge in [-0.1, -0.05) is 24.3 Å². The van der Waals surface area contributed by atoms with Gasteiger partial charge in [-0.05, 0) is 35.4 Å². The number of benzene rings is 2. The number of ether oxygens (including phenoxy) is 1. The minimum absolute atomic E-state index is 0.168. The van der Waals surface area contributed by atoms with E-state index in [0.717, 1.165) is 17.1 Å². The Labute approximate surface area is 156 Å².